The van der Waals surface area contributed by atoms with Crippen LogP contribution in [0.3, 0.4) is 0 Å². The van der Waals surface area contributed by atoms with E-state index in [1.807, 2.05) is 42.5 Å². The van der Waals surface area contributed by atoms with Crippen LogP contribution in [0.15, 0.2) is 54.7 Å². The number of aromatic nitrogens is 2. The van der Waals surface area contributed by atoms with Crippen LogP contribution in [0, 0.1) is 11.3 Å². The minimum Gasteiger partial charge on any atom is -0.252 e. The number of hydrogen-bond acceptors (Lipinski definition) is 3. The van der Waals surface area contributed by atoms with Crippen molar-refractivity contribution < 1.29 is 0 Å². The van der Waals surface area contributed by atoms with Gasteiger partial charge in [-0.15, -0.1) is 0 Å². The number of hydrogen-bond donors (Lipinski definition) is 0. The summed E-state index contributed by atoms with van der Waals surface area (Å²) >= 11 is 0. The lowest BCUT2D eigenvalue weighted by molar-refractivity contribution is 1.29. The maximum absolute atomic E-state index is 9.09. The molecule has 0 aliphatic heterocycles. The zero-order chi connectivity index (χ0) is 12.4. The minimum atomic E-state index is 0.613. The third kappa shape index (κ3) is 1.70. The van der Waals surface area contributed by atoms with Crippen LogP contribution in [-0.2, 0) is 0 Å². The first-order valence-corrected chi connectivity index (χ1v) is 5.60. The summed E-state index contributed by atoms with van der Waals surface area (Å²) in [7, 11) is 0. The topological polar surface area (TPSA) is 49.6 Å². The van der Waals surface area contributed by atoms with Gasteiger partial charge in [0.05, 0.1) is 34.6 Å². The van der Waals surface area contributed by atoms with E-state index in [-0.39, 0.29) is 0 Å². The molecule has 2 aromatic carbocycles. The smallest absolute Gasteiger partial charge is 0.0998 e. The molecule has 0 saturated heterocycles. The second-order valence-corrected chi connectivity index (χ2v) is 3.90. The molecular formula is C15H9N3. The fourth-order valence-corrected chi connectivity index (χ4v) is 1.89. The third-order valence-electron chi connectivity index (χ3n) is 2.77. The van der Waals surface area contributed by atoms with Gasteiger partial charge in [-0.05, 0) is 18.2 Å². The van der Waals surface area contributed by atoms with Crippen molar-refractivity contribution in [3.63, 3.8) is 0 Å². The maximum atomic E-state index is 9.09. The Balaban J connectivity index is 2.23. The average Bonchev–Trinajstić information content (AvgIpc) is 2.46. The highest BCUT2D eigenvalue weighted by Crippen LogP contribution is 2.22. The Morgan fingerprint density at radius 1 is 0.889 bits per heavy atom. The lowest BCUT2D eigenvalue weighted by atomic mass is 10.1. The summed E-state index contributed by atoms with van der Waals surface area (Å²) in [5.74, 6) is 0. The van der Waals surface area contributed by atoms with E-state index >= 15 is 0 Å². The normalized spacial score (nSPS) is 10.2. The maximum Gasteiger partial charge on any atom is 0.0998 e. The van der Waals surface area contributed by atoms with Crippen LogP contribution in [0.2, 0.25) is 0 Å². The second kappa shape index (κ2) is 4.27. The average molecular weight is 231 g/mol. The number of fused-ring (bicyclic) bond motifs is 1. The Morgan fingerprint density at radius 3 is 2.44 bits per heavy atom. The molecule has 0 spiro atoms. The SMILES string of the molecule is N#Cc1ccccc1-c1cnc2ccccc2n1. The molecule has 3 heteroatoms. The van der Waals surface area contributed by atoms with Crippen molar-refractivity contribution in [3.8, 4) is 17.3 Å². The van der Waals surface area contributed by atoms with Crippen LogP contribution in [0.25, 0.3) is 22.3 Å². The monoisotopic (exact) mass is 231 g/mol. The predicted molar refractivity (Wildman–Crippen MR) is 69.7 cm³/mol. The summed E-state index contributed by atoms with van der Waals surface area (Å²) in [6, 6.07) is 17.3. The van der Waals surface area contributed by atoms with Crippen molar-refractivity contribution in [3.05, 3.63) is 60.3 Å². The molecule has 0 fully saturated rings. The zero-order valence-corrected chi connectivity index (χ0v) is 9.54. The highest BCUT2D eigenvalue weighted by atomic mass is 14.8. The first-order chi connectivity index (χ1) is 8.88. The summed E-state index contributed by atoms with van der Waals surface area (Å²) in [6.07, 6.45) is 1.71. The van der Waals surface area contributed by atoms with Gasteiger partial charge in [0.15, 0.2) is 0 Å². The van der Waals surface area contributed by atoms with Crippen molar-refractivity contribution in [2.75, 3.05) is 0 Å². The molecule has 1 heterocycles. The van der Waals surface area contributed by atoms with Gasteiger partial charge in [0.2, 0.25) is 0 Å². The number of benzene rings is 2. The van der Waals surface area contributed by atoms with Crippen LogP contribution in [0.5, 0.6) is 0 Å². The van der Waals surface area contributed by atoms with Gasteiger partial charge in [-0.2, -0.15) is 5.26 Å². The Morgan fingerprint density at radius 2 is 1.61 bits per heavy atom. The molecule has 3 nitrogen and oxygen atoms in total. The van der Waals surface area contributed by atoms with Crippen molar-refractivity contribution in [1.82, 2.24) is 9.97 Å². The van der Waals surface area contributed by atoms with Crippen LogP contribution in [0.1, 0.15) is 5.56 Å². The van der Waals surface area contributed by atoms with Gasteiger partial charge < -0.3 is 0 Å². The summed E-state index contributed by atoms with van der Waals surface area (Å²) in [5.41, 5.74) is 3.85. The molecule has 0 amide bonds. The van der Waals surface area contributed by atoms with Crippen molar-refractivity contribution >= 4 is 11.0 Å². The molecule has 0 radical (unpaired) electrons. The number of rotatable bonds is 1. The van der Waals surface area contributed by atoms with Crippen LogP contribution in [-0.4, -0.2) is 9.97 Å². The Bertz CT molecular complexity index is 757. The number of nitrogens with zero attached hydrogens (tertiary/aromatic N) is 3. The van der Waals surface area contributed by atoms with Crippen LogP contribution >= 0.6 is 0 Å². The largest absolute Gasteiger partial charge is 0.252 e. The Kier molecular flexibility index (Phi) is 2.47. The van der Waals surface area contributed by atoms with Gasteiger partial charge in [-0.25, -0.2) is 4.98 Å². The predicted octanol–water partition coefficient (Wildman–Crippen LogP) is 3.17. The van der Waals surface area contributed by atoms with Crippen LogP contribution in [0.4, 0.5) is 0 Å². The molecule has 0 unspecified atom stereocenters. The van der Waals surface area contributed by atoms with Gasteiger partial charge in [0.25, 0.3) is 0 Å². The first-order valence-electron chi connectivity index (χ1n) is 5.60. The molecular weight excluding hydrogens is 222 g/mol. The molecule has 0 atom stereocenters. The van der Waals surface area contributed by atoms with Gasteiger partial charge in [-0.1, -0.05) is 30.3 Å². The molecule has 0 aliphatic rings. The van der Waals surface area contributed by atoms with Gasteiger partial charge in [0, 0.05) is 5.56 Å². The van der Waals surface area contributed by atoms with E-state index in [0.29, 0.717) is 5.56 Å². The van der Waals surface area contributed by atoms with Crippen LogP contribution < -0.4 is 0 Å². The van der Waals surface area contributed by atoms with E-state index in [2.05, 4.69) is 16.0 Å². The van der Waals surface area contributed by atoms with E-state index in [4.69, 9.17) is 5.26 Å². The van der Waals surface area contributed by atoms with Gasteiger partial charge in [-0.3, -0.25) is 4.98 Å². The number of nitriles is 1. The number of para-hydroxylation sites is 2. The standard InChI is InChI=1S/C15H9N3/c16-9-11-5-1-2-6-12(11)15-10-17-13-7-3-4-8-14(13)18-15/h1-8,10H. The minimum absolute atomic E-state index is 0.613. The second-order valence-electron chi connectivity index (χ2n) is 3.90. The Labute approximate surface area is 104 Å². The highest BCUT2D eigenvalue weighted by Gasteiger charge is 2.06. The van der Waals surface area contributed by atoms with Crippen molar-refractivity contribution in [2.45, 2.75) is 0 Å². The lowest BCUT2D eigenvalue weighted by Crippen LogP contribution is -1.90. The van der Waals surface area contributed by atoms with Gasteiger partial charge in [0.1, 0.15) is 0 Å². The fourth-order valence-electron chi connectivity index (χ4n) is 1.89. The zero-order valence-electron chi connectivity index (χ0n) is 9.54. The van der Waals surface area contributed by atoms with E-state index < -0.39 is 0 Å². The highest BCUT2D eigenvalue weighted by molar-refractivity contribution is 5.78. The molecule has 0 aliphatic carbocycles. The van der Waals surface area contributed by atoms with E-state index in [1.54, 1.807) is 12.3 Å². The van der Waals surface area contributed by atoms with E-state index in [9.17, 15) is 0 Å². The molecule has 1 aromatic heterocycles. The summed E-state index contributed by atoms with van der Waals surface area (Å²) < 4.78 is 0. The first kappa shape index (κ1) is 10.4. The molecule has 0 bridgehead atoms. The van der Waals surface area contributed by atoms with Crippen molar-refractivity contribution in [2.24, 2.45) is 0 Å². The third-order valence-corrected chi connectivity index (χ3v) is 2.77. The summed E-state index contributed by atoms with van der Waals surface area (Å²) in [5, 5.41) is 9.09. The quantitative estimate of drug-likeness (QED) is 0.646. The van der Waals surface area contributed by atoms with E-state index in [1.165, 1.54) is 0 Å². The summed E-state index contributed by atoms with van der Waals surface area (Å²) in [4.78, 5) is 8.90. The van der Waals surface area contributed by atoms with Gasteiger partial charge >= 0.3 is 0 Å². The van der Waals surface area contributed by atoms with Crippen molar-refractivity contribution in [1.29, 1.82) is 5.26 Å². The Hall–Kier alpha value is -2.73. The summed E-state index contributed by atoms with van der Waals surface area (Å²) in [6.45, 7) is 0. The fraction of sp³-hybridized carbons (Fsp3) is 0. The molecule has 3 rings (SSSR count). The molecule has 18 heavy (non-hydrogen) atoms. The molecule has 3 aromatic rings. The lowest BCUT2D eigenvalue weighted by Gasteiger charge is -2.04. The molecule has 0 saturated carbocycles. The van der Waals surface area contributed by atoms with E-state index in [0.717, 1.165) is 22.3 Å². The molecule has 0 N–H and O–H groups in total. The molecule has 84 valence electrons.